The lowest BCUT2D eigenvalue weighted by molar-refractivity contribution is 0.415. The summed E-state index contributed by atoms with van der Waals surface area (Å²) < 4.78 is 7.34. The lowest BCUT2D eigenvalue weighted by atomic mass is 9.92. The molecule has 4 heteroatoms. The van der Waals surface area contributed by atoms with Crippen molar-refractivity contribution in [3.8, 4) is 16.9 Å². The van der Waals surface area contributed by atoms with E-state index in [4.69, 9.17) is 10.5 Å². The van der Waals surface area contributed by atoms with Gasteiger partial charge in [0.05, 0.1) is 12.7 Å². The number of nitrogens with zero attached hydrogens (tertiary/aromatic N) is 1. The first-order valence-electron chi connectivity index (χ1n) is 11.2. The van der Waals surface area contributed by atoms with Crippen molar-refractivity contribution < 1.29 is 4.74 Å². The summed E-state index contributed by atoms with van der Waals surface area (Å²) in [6.07, 6.45) is 1.46. The molecule has 0 saturated carbocycles. The lowest BCUT2D eigenvalue weighted by Crippen LogP contribution is -2.28. The maximum atomic E-state index is 13.8. The third-order valence-electron chi connectivity index (χ3n) is 6.37. The van der Waals surface area contributed by atoms with Crippen LogP contribution in [0.15, 0.2) is 83.7 Å². The zero-order chi connectivity index (χ0) is 23.4. The molecule has 0 fully saturated rings. The van der Waals surface area contributed by atoms with Gasteiger partial charge in [0, 0.05) is 17.9 Å². The molecule has 0 aliphatic rings. The van der Waals surface area contributed by atoms with Gasteiger partial charge in [-0.3, -0.25) is 4.79 Å². The van der Waals surface area contributed by atoms with E-state index in [0.717, 1.165) is 45.8 Å². The van der Waals surface area contributed by atoms with Crippen molar-refractivity contribution >= 4 is 5.69 Å². The summed E-state index contributed by atoms with van der Waals surface area (Å²) >= 11 is 0. The second-order valence-corrected chi connectivity index (χ2v) is 8.36. The van der Waals surface area contributed by atoms with Crippen molar-refractivity contribution in [3.63, 3.8) is 0 Å². The van der Waals surface area contributed by atoms with Crippen LogP contribution in [0.25, 0.3) is 11.1 Å². The van der Waals surface area contributed by atoms with Gasteiger partial charge in [-0.05, 0) is 72.7 Å². The highest BCUT2D eigenvalue weighted by atomic mass is 16.5. The third-order valence-corrected chi connectivity index (χ3v) is 6.37. The van der Waals surface area contributed by atoms with E-state index in [1.54, 1.807) is 7.11 Å². The van der Waals surface area contributed by atoms with Gasteiger partial charge in [-0.1, -0.05) is 60.7 Å². The number of methoxy groups -OCH3 is 1. The molecular weight excluding hydrogens is 408 g/mol. The van der Waals surface area contributed by atoms with Gasteiger partial charge in [0.15, 0.2) is 0 Å². The molecule has 1 aromatic heterocycles. The van der Waals surface area contributed by atoms with Crippen molar-refractivity contribution in [2.24, 2.45) is 0 Å². The van der Waals surface area contributed by atoms with Crippen molar-refractivity contribution in [1.29, 1.82) is 0 Å². The number of pyridine rings is 1. The first kappa shape index (κ1) is 22.4. The monoisotopic (exact) mass is 438 g/mol. The Morgan fingerprint density at radius 1 is 0.909 bits per heavy atom. The van der Waals surface area contributed by atoms with Gasteiger partial charge < -0.3 is 15.0 Å². The number of benzene rings is 3. The predicted octanol–water partition coefficient (Wildman–Crippen LogP) is 5.56. The van der Waals surface area contributed by atoms with Gasteiger partial charge in [-0.15, -0.1) is 0 Å². The SMILES string of the molecule is COc1cccc(-c2c(C)c(Cc3ccccc3)c(C)n(CCc3ccccc3N)c2=O)c1. The summed E-state index contributed by atoms with van der Waals surface area (Å²) in [6, 6.07) is 26.0. The molecule has 4 rings (SSSR count). The molecule has 0 aliphatic heterocycles. The molecule has 0 aliphatic carbocycles. The van der Waals surface area contributed by atoms with Crippen molar-refractivity contribution in [2.75, 3.05) is 12.8 Å². The van der Waals surface area contributed by atoms with Crippen LogP contribution in [0.5, 0.6) is 5.75 Å². The third kappa shape index (κ3) is 4.70. The normalized spacial score (nSPS) is 10.9. The molecule has 0 bridgehead atoms. The summed E-state index contributed by atoms with van der Waals surface area (Å²) in [5.41, 5.74) is 14.0. The molecule has 0 saturated heterocycles. The standard InChI is InChI=1S/C29H30N2O2/c1-20-26(18-22-10-5-4-6-11-22)21(2)31(17-16-23-12-7-8-15-27(23)30)29(32)28(20)24-13-9-14-25(19-24)33-3/h4-15,19H,16-18,30H2,1-3H3. The van der Waals surface area contributed by atoms with Crippen molar-refractivity contribution in [3.05, 3.63) is 117 Å². The zero-order valence-electron chi connectivity index (χ0n) is 19.5. The van der Waals surface area contributed by atoms with Crippen LogP contribution in [0.4, 0.5) is 5.69 Å². The summed E-state index contributed by atoms with van der Waals surface area (Å²) in [7, 11) is 1.64. The fourth-order valence-electron chi connectivity index (χ4n) is 4.48. The van der Waals surface area contributed by atoms with Crippen molar-refractivity contribution in [2.45, 2.75) is 33.2 Å². The fourth-order valence-corrected chi connectivity index (χ4v) is 4.48. The largest absolute Gasteiger partial charge is 0.497 e. The topological polar surface area (TPSA) is 57.2 Å². The van der Waals surface area contributed by atoms with E-state index in [2.05, 4.69) is 38.1 Å². The van der Waals surface area contributed by atoms with Crippen LogP contribution in [0.3, 0.4) is 0 Å². The molecule has 0 radical (unpaired) electrons. The van der Waals surface area contributed by atoms with E-state index >= 15 is 0 Å². The maximum Gasteiger partial charge on any atom is 0.258 e. The summed E-state index contributed by atoms with van der Waals surface area (Å²) in [4.78, 5) is 13.8. The van der Waals surface area contributed by atoms with Crippen LogP contribution in [0.2, 0.25) is 0 Å². The first-order valence-corrected chi connectivity index (χ1v) is 11.2. The average Bonchev–Trinajstić information content (AvgIpc) is 2.83. The maximum absolute atomic E-state index is 13.8. The molecule has 0 spiro atoms. The Labute approximate surface area is 195 Å². The average molecular weight is 439 g/mol. The van der Waals surface area contributed by atoms with E-state index in [1.165, 1.54) is 11.1 Å². The molecule has 0 unspecified atom stereocenters. The number of aromatic nitrogens is 1. The molecule has 0 atom stereocenters. The number of anilines is 1. The number of hydrogen-bond donors (Lipinski definition) is 1. The van der Waals surface area contributed by atoms with E-state index in [0.29, 0.717) is 13.0 Å². The van der Waals surface area contributed by atoms with Gasteiger partial charge in [-0.25, -0.2) is 0 Å². The second-order valence-electron chi connectivity index (χ2n) is 8.36. The number of nitrogens with two attached hydrogens (primary N) is 1. The van der Waals surface area contributed by atoms with Gasteiger partial charge in [0.2, 0.25) is 0 Å². The van der Waals surface area contributed by atoms with Gasteiger partial charge >= 0.3 is 0 Å². The highest BCUT2D eigenvalue weighted by molar-refractivity contribution is 5.69. The highest BCUT2D eigenvalue weighted by Gasteiger charge is 2.19. The predicted molar refractivity (Wildman–Crippen MR) is 136 cm³/mol. The molecule has 0 amide bonds. The van der Waals surface area contributed by atoms with Gasteiger partial charge in [0.1, 0.15) is 5.75 Å². The first-order chi connectivity index (χ1) is 16.0. The lowest BCUT2D eigenvalue weighted by Gasteiger charge is -2.21. The number of rotatable bonds is 7. The van der Waals surface area contributed by atoms with Crippen LogP contribution in [-0.2, 0) is 19.4 Å². The minimum atomic E-state index is 0.0181. The number of aryl methyl sites for hydroxylation is 1. The molecule has 4 nitrogen and oxygen atoms in total. The Balaban J connectivity index is 1.86. The number of hydrogen-bond acceptors (Lipinski definition) is 3. The Morgan fingerprint density at radius 2 is 1.64 bits per heavy atom. The van der Waals surface area contributed by atoms with Crippen LogP contribution >= 0.6 is 0 Å². The molecular formula is C29H30N2O2. The summed E-state index contributed by atoms with van der Waals surface area (Å²) in [6.45, 7) is 4.68. The number of nitrogen functional groups attached to an aromatic ring is 1. The van der Waals surface area contributed by atoms with Gasteiger partial charge in [-0.2, -0.15) is 0 Å². The van der Waals surface area contributed by atoms with Gasteiger partial charge in [0.25, 0.3) is 5.56 Å². The van der Waals surface area contributed by atoms with E-state index in [-0.39, 0.29) is 5.56 Å². The minimum Gasteiger partial charge on any atom is -0.497 e. The fraction of sp³-hybridized carbons (Fsp3) is 0.207. The molecule has 168 valence electrons. The Bertz CT molecular complexity index is 1320. The van der Waals surface area contributed by atoms with E-state index in [9.17, 15) is 4.79 Å². The summed E-state index contributed by atoms with van der Waals surface area (Å²) in [5, 5.41) is 0. The quantitative estimate of drug-likeness (QED) is 0.385. The summed E-state index contributed by atoms with van der Waals surface area (Å²) in [5.74, 6) is 0.736. The zero-order valence-corrected chi connectivity index (χ0v) is 19.5. The van der Waals surface area contributed by atoms with Crippen LogP contribution in [0.1, 0.15) is 27.9 Å². The van der Waals surface area contributed by atoms with Crippen LogP contribution in [-0.4, -0.2) is 11.7 Å². The molecule has 4 aromatic rings. The Hall–Kier alpha value is -3.79. The second kappa shape index (κ2) is 9.78. The smallest absolute Gasteiger partial charge is 0.258 e. The Kier molecular flexibility index (Phi) is 6.64. The van der Waals surface area contributed by atoms with E-state index < -0.39 is 0 Å². The van der Waals surface area contributed by atoms with Crippen molar-refractivity contribution in [1.82, 2.24) is 4.57 Å². The van der Waals surface area contributed by atoms with Crippen LogP contribution in [0, 0.1) is 13.8 Å². The molecule has 3 aromatic carbocycles. The Morgan fingerprint density at radius 3 is 2.36 bits per heavy atom. The molecule has 2 N–H and O–H groups in total. The minimum absolute atomic E-state index is 0.0181. The van der Waals surface area contributed by atoms with E-state index in [1.807, 2.05) is 59.2 Å². The molecule has 1 heterocycles. The molecule has 33 heavy (non-hydrogen) atoms. The number of ether oxygens (including phenoxy) is 1. The highest BCUT2D eigenvalue weighted by Crippen LogP contribution is 2.29. The number of para-hydroxylation sites is 1. The van der Waals surface area contributed by atoms with Crippen LogP contribution < -0.4 is 16.0 Å².